The molecule has 0 radical (unpaired) electrons. The van der Waals surface area contributed by atoms with Crippen LogP contribution >= 0.6 is 0 Å². The molecular weight excluding hydrogens is 242 g/mol. The first-order chi connectivity index (χ1) is 9.10. The Bertz CT molecular complexity index is 430. The molecule has 2 atom stereocenters. The number of ether oxygens (including phenoxy) is 2. The molecule has 2 unspecified atom stereocenters. The second-order valence-electron chi connectivity index (χ2n) is 5.26. The van der Waals surface area contributed by atoms with Crippen LogP contribution in [-0.4, -0.2) is 38.1 Å². The molecule has 1 aromatic rings. The average molecular weight is 263 g/mol. The Morgan fingerprint density at radius 1 is 1.32 bits per heavy atom. The smallest absolute Gasteiger partial charge is 0.310 e. The zero-order valence-electron chi connectivity index (χ0n) is 11.8. The zero-order chi connectivity index (χ0) is 13.8. The number of hydrogen-bond acceptors (Lipinski definition) is 4. The average Bonchev–Trinajstić information content (AvgIpc) is 2.75. The molecule has 1 aliphatic rings. The summed E-state index contributed by atoms with van der Waals surface area (Å²) in [7, 11) is 3.67. The van der Waals surface area contributed by atoms with Gasteiger partial charge in [0.1, 0.15) is 12.4 Å². The molecule has 0 amide bonds. The molecule has 1 heterocycles. The quantitative estimate of drug-likeness (QED) is 0.778. The van der Waals surface area contributed by atoms with Crippen molar-refractivity contribution in [3.8, 4) is 5.75 Å². The third-order valence-electron chi connectivity index (χ3n) is 3.64. The van der Waals surface area contributed by atoms with Crippen molar-refractivity contribution < 1.29 is 14.3 Å². The molecule has 1 aliphatic heterocycles. The summed E-state index contributed by atoms with van der Waals surface area (Å²) in [6.45, 7) is 4.18. The van der Waals surface area contributed by atoms with E-state index < -0.39 is 0 Å². The van der Waals surface area contributed by atoms with Crippen LogP contribution in [-0.2, 0) is 16.1 Å². The highest BCUT2D eigenvalue weighted by Crippen LogP contribution is 2.23. The van der Waals surface area contributed by atoms with Crippen LogP contribution in [0.3, 0.4) is 0 Å². The van der Waals surface area contributed by atoms with Crippen LogP contribution in [0.15, 0.2) is 24.3 Å². The maximum Gasteiger partial charge on any atom is 0.310 e. The topological polar surface area (TPSA) is 38.8 Å². The number of esters is 1. The van der Waals surface area contributed by atoms with Crippen molar-refractivity contribution in [2.75, 3.05) is 27.2 Å². The van der Waals surface area contributed by atoms with E-state index in [4.69, 9.17) is 9.47 Å². The summed E-state index contributed by atoms with van der Waals surface area (Å²) in [6, 6.07) is 7.57. The van der Waals surface area contributed by atoms with E-state index in [9.17, 15) is 4.79 Å². The third kappa shape index (κ3) is 3.47. The fourth-order valence-electron chi connectivity index (χ4n) is 2.50. The highest BCUT2D eigenvalue weighted by molar-refractivity contribution is 5.73. The Kier molecular flexibility index (Phi) is 4.43. The molecule has 1 aromatic carbocycles. The molecule has 1 fully saturated rings. The molecule has 0 saturated carbocycles. The van der Waals surface area contributed by atoms with Crippen LogP contribution in [0.2, 0.25) is 0 Å². The van der Waals surface area contributed by atoms with Crippen molar-refractivity contribution in [3.63, 3.8) is 0 Å². The largest absolute Gasteiger partial charge is 0.497 e. The van der Waals surface area contributed by atoms with E-state index in [2.05, 4.69) is 11.8 Å². The summed E-state index contributed by atoms with van der Waals surface area (Å²) in [5, 5.41) is 0. The molecule has 0 bridgehead atoms. The Morgan fingerprint density at radius 3 is 2.53 bits per heavy atom. The van der Waals surface area contributed by atoms with Crippen LogP contribution < -0.4 is 4.74 Å². The fourth-order valence-corrected chi connectivity index (χ4v) is 2.50. The van der Waals surface area contributed by atoms with E-state index in [0.717, 1.165) is 24.4 Å². The van der Waals surface area contributed by atoms with Crippen LogP contribution in [0.1, 0.15) is 12.5 Å². The highest BCUT2D eigenvalue weighted by atomic mass is 16.5. The molecule has 4 heteroatoms. The van der Waals surface area contributed by atoms with E-state index in [1.807, 2.05) is 31.3 Å². The molecule has 1 saturated heterocycles. The van der Waals surface area contributed by atoms with Crippen LogP contribution in [0.5, 0.6) is 5.75 Å². The highest BCUT2D eigenvalue weighted by Gasteiger charge is 2.34. The summed E-state index contributed by atoms with van der Waals surface area (Å²) in [5.41, 5.74) is 0.980. The first-order valence-corrected chi connectivity index (χ1v) is 6.58. The summed E-state index contributed by atoms with van der Waals surface area (Å²) >= 11 is 0. The van der Waals surface area contributed by atoms with E-state index in [1.54, 1.807) is 7.11 Å². The second-order valence-corrected chi connectivity index (χ2v) is 5.26. The Morgan fingerprint density at radius 2 is 2.00 bits per heavy atom. The zero-order valence-corrected chi connectivity index (χ0v) is 11.8. The molecule has 0 aromatic heterocycles. The molecule has 19 heavy (non-hydrogen) atoms. The Hall–Kier alpha value is -1.55. The van der Waals surface area contributed by atoms with Gasteiger partial charge in [-0.05, 0) is 30.7 Å². The molecule has 0 aliphatic carbocycles. The van der Waals surface area contributed by atoms with E-state index in [0.29, 0.717) is 12.5 Å². The minimum Gasteiger partial charge on any atom is -0.497 e. The van der Waals surface area contributed by atoms with Crippen LogP contribution in [0, 0.1) is 11.8 Å². The minimum absolute atomic E-state index is 0.00301. The predicted molar refractivity (Wildman–Crippen MR) is 72.9 cm³/mol. The van der Waals surface area contributed by atoms with Gasteiger partial charge in [0.05, 0.1) is 13.0 Å². The lowest BCUT2D eigenvalue weighted by Crippen LogP contribution is -2.24. The predicted octanol–water partition coefficient (Wildman–Crippen LogP) is 1.94. The number of carbonyl (C=O) groups is 1. The standard InChI is InChI=1S/C15H21NO3/c1-11-8-16(2)9-14(11)15(17)19-10-12-4-6-13(18-3)7-5-12/h4-7,11,14H,8-10H2,1-3H3. The molecule has 4 nitrogen and oxygen atoms in total. The summed E-state index contributed by atoms with van der Waals surface area (Å²) < 4.78 is 10.5. The van der Waals surface area contributed by atoms with Gasteiger partial charge >= 0.3 is 5.97 Å². The summed E-state index contributed by atoms with van der Waals surface area (Å²) in [6.07, 6.45) is 0. The second kappa shape index (κ2) is 6.06. The number of likely N-dealkylation sites (tertiary alicyclic amines) is 1. The van der Waals surface area contributed by atoms with Gasteiger partial charge in [0.25, 0.3) is 0 Å². The normalized spacial score (nSPS) is 23.3. The van der Waals surface area contributed by atoms with Gasteiger partial charge in [0.15, 0.2) is 0 Å². The first-order valence-electron chi connectivity index (χ1n) is 6.58. The lowest BCUT2D eigenvalue weighted by molar-refractivity contribution is -0.150. The molecule has 0 spiro atoms. The number of carbonyl (C=O) groups excluding carboxylic acids is 1. The van der Waals surface area contributed by atoms with Gasteiger partial charge in [-0.25, -0.2) is 0 Å². The number of nitrogens with zero attached hydrogens (tertiary/aromatic N) is 1. The van der Waals surface area contributed by atoms with E-state index >= 15 is 0 Å². The molecule has 2 rings (SSSR count). The van der Waals surface area contributed by atoms with Gasteiger partial charge in [-0.3, -0.25) is 4.79 Å². The summed E-state index contributed by atoms with van der Waals surface area (Å²) in [4.78, 5) is 14.2. The van der Waals surface area contributed by atoms with E-state index in [-0.39, 0.29) is 11.9 Å². The monoisotopic (exact) mass is 263 g/mol. The van der Waals surface area contributed by atoms with Gasteiger partial charge in [-0.1, -0.05) is 19.1 Å². The van der Waals surface area contributed by atoms with Gasteiger partial charge in [0.2, 0.25) is 0 Å². The number of rotatable bonds is 4. The van der Waals surface area contributed by atoms with Crippen LogP contribution in [0.25, 0.3) is 0 Å². The summed E-state index contributed by atoms with van der Waals surface area (Å²) in [5.74, 6) is 1.09. The molecule has 0 N–H and O–H groups in total. The van der Waals surface area contributed by atoms with Crippen molar-refractivity contribution in [1.82, 2.24) is 4.90 Å². The van der Waals surface area contributed by atoms with Gasteiger partial charge in [-0.2, -0.15) is 0 Å². The molecule has 104 valence electrons. The van der Waals surface area contributed by atoms with Gasteiger partial charge < -0.3 is 14.4 Å². The Labute approximate surface area is 114 Å². The van der Waals surface area contributed by atoms with Crippen molar-refractivity contribution in [2.45, 2.75) is 13.5 Å². The third-order valence-corrected chi connectivity index (χ3v) is 3.64. The lowest BCUT2D eigenvalue weighted by Gasteiger charge is -2.13. The van der Waals surface area contributed by atoms with Crippen molar-refractivity contribution in [2.24, 2.45) is 11.8 Å². The SMILES string of the molecule is COc1ccc(COC(=O)C2CN(C)CC2C)cc1. The number of methoxy groups -OCH3 is 1. The van der Waals surface area contributed by atoms with Gasteiger partial charge in [0, 0.05) is 13.1 Å². The van der Waals surface area contributed by atoms with Crippen molar-refractivity contribution in [3.05, 3.63) is 29.8 Å². The van der Waals surface area contributed by atoms with Crippen molar-refractivity contribution >= 4 is 5.97 Å². The number of hydrogen-bond donors (Lipinski definition) is 0. The maximum atomic E-state index is 12.0. The van der Waals surface area contributed by atoms with Gasteiger partial charge in [-0.15, -0.1) is 0 Å². The van der Waals surface area contributed by atoms with Crippen molar-refractivity contribution in [1.29, 1.82) is 0 Å². The minimum atomic E-state index is -0.0901. The fraction of sp³-hybridized carbons (Fsp3) is 0.533. The maximum absolute atomic E-state index is 12.0. The number of benzene rings is 1. The van der Waals surface area contributed by atoms with E-state index in [1.165, 1.54) is 0 Å². The lowest BCUT2D eigenvalue weighted by atomic mass is 9.99. The molecular formula is C15H21NO3. The Balaban J connectivity index is 1.86. The first kappa shape index (κ1) is 13.9. The van der Waals surface area contributed by atoms with Crippen LogP contribution in [0.4, 0.5) is 0 Å².